The van der Waals surface area contributed by atoms with Gasteiger partial charge in [-0.1, -0.05) is 0 Å². The van der Waals surface area contributed by atoms with Gasteiger partial charge in [0.05, 0.1) is 0 Å². The summed E-state index contributed by atoms with van der Waals surface area (Å²) in [7, 11) is 0. The maximum atomic E-state index is 12.1. The molecule has 0 saturated heterocycles. The van der Waals surface area contributed by atoms with E-state index >= 15 is 0 Å². The number of aliphatic hydroxyl groups excluding tert-OH is 1. The molecule has 4 rings (SSSR count). The van der Waals surface area contributed by atoms with Crippen molar-refractivity contribution in [1.82, 2.24) is 29.6 Å². The first-order valence-electron chi connectivity index (χ1n) is 9.47. The lowest BCUT2D eigenvalue weighted by atomic mass is 9.79. The Morgan fingerprint density at radius 2 is 2.15 bits per heavy atom. The molecule has 2 aliphatic rings. The second-order valence-corrected chi connectivity index (χ2v) is 7.44. The van der Waals surface area contributed by atoms with Gasteiger partial charge in [0, 0.05) is 43.4 Å². The fourth-order valence-electron chi connectivity index (χ4n) is 3.75. The van der Waals surface area contributed by atoms with E-state index < -0.39 is 0 Å². The van der Waals surface area contributed by atoms with Crippen LogP contribution in [0.15, 0.2) is 12.4 Å². The number of aromatic nitrogens is 5. The molecule has 0 spiro atoms. The first-order chi connectivity index (χ1) is 12.7. The lowest BCUT2D eigenvalue weighted by Gasteiger charge is -2.35. The van der Waals surface area contributed by atoms with Crippen LogP contribution in [0.1, 0.15) is 68.0 Å². The summed E-state index contributed by atoms with van der Waals surface area (Å²) in [6, 6.07) is 0.687. The van der Waals surface area contributed by atoms with Crippen molar-refractivity contribution >= 4 is 5.91 Å². The Morgan fingerprint density at radius 1 is 1.35 bits per heavy atom. The number of rotatable bonds is 8. The SMILES string of the molecule is Cc1nccn1CCCC(=O)NC1CC(c2nnc(CO)n2C2CC2)C1. The van der Waals surface area contributed by atoms with E-state index in [-0.39, 0.29) is 18.6 Å². The third kappa shape index (κ3) is 3.51. The van der Waals surface area contributed by atoms with E-state index in [1.54, 1.807) is 6.20 Å². The third-order valence-electron chi connectivity index (χ3n) is 5.44. The molecule has 0 atom stereocenters. The maximum absolute atomic E-state index is 12.1. The Bertz CT molecular complexity index is 772. The summed E-state index contributed by atoms with van der Waals surface area (Å²) in [6.07, 6.45) is 9.17. The third-order valence-corrected chi connectivity index (χ3v) is 5.44. The minimum atomic E-state index is -0.0627. The van der Waals surface area contributed by atoms with Crippen LogP contribution in [0.3, 0.4) is 0 Å². The van der Waals surface area contributed by atoms with Gasteiger partial charge in [0.1, 0.15) is 18.3 Å². The molecule has 0 radical (unpaired) electrons. The van der Waals surface area contributed by atoms with Crippen molar-refractivity contribution in [2.75, 3.05) is 0 Å². The van der Waals surface area contributed by atoms with Gasteiger partial charge in [0.2, 0.25) is 5.91 Å². The van der Waals surface area contributed by atoms with E-state index in [1.807, 2.05) is 13.1 Å². The number of amides is 1. The molecule has 2 aromatic heterocycles. The molecule has 26 heavy (non-hydrogen) atoms. The van der Waals surface area contributed by atoms with Gasteiger partial charge < -0.3 is 19.6 Å². The first-order valence-corrected chi connectivity index (χ1v) is 9.47. The highest BCUT2D eigenvalue weighted by Gasteiger charge is 2.38. The number of nitrogens with zero attached hydrogens (tertiary/aromatic N) is 5. The molecule has 2 aliphatic carbocycles. The standard InChI is InChI=1S/C18H26N6O2/c1-12-19-6-8-23(12)7-2-3-17(26)20-14-9-13(10-14)18-22-21-16(11-25)24(18)15-4-5-15/h6,8,13-15,25H,2-5,7,9-11H2,1H3,(H,20,26). The van der Waals surface area contributed by atoms with Gasteiger partial charge in [-0.05, 0) is 39.0 Å². The number of imidazole rings is 1. The van der Waals surface area contributed by atoms with Crippen LogP contribution in [0, 0.1) is 6.92 Å². The van der Waals surface area contributed by atoms with Crippen molar-refractivity contribution < 1.29 is 9.90 Å². The molecule has 2 N–H and O–H groups in total. The summed E-state index contributed by atoms with van der Waals surface area (Å²) in [5, 5.41) is 21.0. The van der Waals surface area contributed by atoms with Crippen LogP contribution in [0.2, 0.25) is 0 Å². The molecule has 8 nitrogen and oxygen atoms in total. The Labute approximate surface area is 152 Å². The Hall–Kier alpha value is -2.22. The van der Waals surface area contributed by atoms with E-state index in [2.05, 4.69) is 29.6 Å². The second-order valence-electron chi connectivity index (χ2n) is 7.44. The number of hydrogen-bond donors (Lipinski definition) is 2. The van der Waals surface area contributed by atoms with Crippen LogP contribution in [0.5, 0.6) is 0 Å². The molecule has 2 aromatic rings. The predicted octanol–water partition coefficient (Wildman–Crippen LogP) is 1.45. The molecule has 0 unspecified atom stereocenters. The summed E-state index contributed by atoms with van der Waals surface area (Å²) < 4.78 is 4.19. The summed E-state index contributed by atoms with van der Waals surface area (Å²) in [4.78, 5) is 16.3. The summed E-state index contributed by atoms with van der Waals surface area (Å²) in [5.74, 6) is 3.09. The Kier molecular flexibility index (Phi) is 4.76. The zero-order valence-electron chi connectivity index (χ0n) is 15.1. The van der Waals surface area contributed by atoms with Crippen LogP contribution >= 0.6 is 0 Å². The normalized spacial score (nSPS) is 22.2. The highest BCUT2D eigenvalue weighted by Crippen LogP contribution is 2.42. The van der Waals surface area contributed by atoms with E-state index in [1.165, 1.54) is 0 Å². The van der Waals surface area contributed by atoms with Gasteiger partial charge in [0.15, 0.2) is 5.82 Å². The van der Waals surface area contributed by atoms with Gasteiger partial charge in [0.25, 0.3) is 0 Å². The summed E-state index contributed by atoms with van der Waals surface area (Å²) in [6.45, 7) is 2.73. The van der Waals surface area contributed by atoms with Crippen molar-refractivity contribution in [3.63, 3.8) is 0 Å². The fourth-order valence-corrected chi connectivity index (χ4v) is 3.75. The molecule has 140 valence electrons. The lowest BCUT2D eigenvalue weighted by Crippen LogP contribution is -2.44. The average molecular weight is 358 g/mol. The van der Waals surface area contributed by atoms with Crippen molar-refractivity contribution in [2.24, 2.45) is 0 Å². The van der Waals surface area contributed by atoms with Gasteiger partial charge >= 0.3 is 0 Å². The number of hydrogen-bond acceptors (Lipinski definition) is 5. The number of nitrogens with one attached hydrogen (secondary N) is 1. The van der Waals surface area contributed by atoms with Crippen molar-refractivity contribution in [3.05, 3.63) is 29.9 Å². The number of carbonyl (C=O) groups is 1. The van der Waals surface area contributed by atoms with Crippen molar-refractivity contribution in [1.29, 1.82) is 0 Å². The summed E-state index contributed by atoms with van der Waals surface area (Å²) in [5.41, 5.74) is 0. The van der Waals surface area contributed by atoms with Crippen molar-refractivity contribution in [3.8, 4) is 0 Å². The minimum absolute atomic E-state index is 0.0627. The van der Waals surface area contributed by atoms with E-state index in [4.69, 9.17) is 0 Å². The minimum Gasteiger partial charge on any atom is -0.388 e. The first kappa shape index (κ1) is 17.2. The van der Waals surface area contributed by atoms with E-state index in [0.29, 0.717) is 24.2 Å². The smallest absolute Gasteiger partial charge is 0.220 e. The van der Waals surface area contributed by atoms with Crippen LogP contribution < -0.4 is 5.32 Å². The Balaban J connectivity index is 1.22. The van der Waals surface area contributed by atoms with Gasteiger partial charge in [-0.2, -0.15) is 0 Å². The topological polar surface area (TPSA) is 97.9 Å². The van der Waals surface area contributed by atoms with Crippen LogP contribution in [0.4, 0.5) is 0 Å². The molecular weight excluding hydrogens is 332 g/mol. The van der Waals surface area contributed by atoms with Crippen LogP contribution in [-0.4, -0.2) is 41.4 Å². The van der Waals surface area contributed by atoms with Gasteiger partial charge in [-0.25, -0.2) is 4.98 Å². The molecule has 0 bridgehead atoms. The highest BCUT2D eigenvalue weighted by atomic mass is 16.3. The highest BCUT2D eigenvalue weighted by molar-refractivity contribution is 5.76. The fraction of sp³-hybridized carbons (Fsp3) is 0.667. The second kappa shape index (κ2) is 7.19. The molecule has 8 heteroatoms. The van der Waals surface area contributed by atoms with Gasteiger partial charge in [-0.3, -0.25) is 4.79 Å². The van der Waals surface area contributed by atoms with Crippen molar-refractivity contribution in [2.45, 2.75) is 76.6 Å². The zero-order valence-corrected chi connectivity index (χ0v) is 15.1. The van der Waals surface area contributed by atoms with Gasteiger partial charge in [-0.15, -0.1) is 10.2 Å². The van der Waals surface area contributed by atoms with Crippen LogP contribution in [-0.2, 0) is 17.9 Å². The molecule has 0 aromatic carbocycles. The number of aliphatic hydroxyl groups is 1. The van der Waals surface area contributed by atoms with Crippen LogP contribution in [0.25, 0.3) is 0 Å². The predicted molar refractivity (Wildman–Crippen MR) is 94.3 cm³/mol. The quantitative estimate of drug-likeness (QED) is 0.744. The largest absolute Gasteiger partial charge is 0.388 e. The monoisotopic (exact) mass is 358 g/mol. The molecule has 0 aliphatic heterocycles. The Morgan fingerprint density at radius 3 is 2.81 bits per heavy atom. The molecule has 2 fully saturated rings. The molecule has 1 amide bonds. The average Bonchev–Trinajstić information content (AvgIpc) is 3.22. The molecular formula is C18H26N6O2. The maximum Gasteiger partial charge on any atom is 0.220 e. The van der Waals surface area contributed by atoms with E-state index in [0.717, 1.165) is 50.3 Å². The number of carbonyl (C=O) groups excluding carboxylic acids is 1. The summed E-state index contributed by atoms with van der Waals surface area (Å²) >= 11 is 0. The van der Waals surface area contributed by atoms with E-state index in [9.17, 15) is 9.90 Å². The lowest BCUT2D eigenvalue weighted by molar-refractivity contribution is -0.122. The number of aryl methyl sites for hydroxylation is 2. The zero-order chi connectivity index (χ0) is 18.1. The molecule has 2 heterocycles. The molecule has 2 saturated carbocycles.